The Morgan fingerprint density at radius 2 is 2.30 bits per heavy atom. The third-order valence-electron chi connectivity index (χ3n) is 3.26. The fourth-order valence-electron chi connectivity index (χ4n) is 2.36. The number of ketones is 1. The average molecular weight is 300 g/mol. The van der Waals surface area contributed by atoms with Gasteiger partial charge in [0.05, 0.1) is 17.2 Å². The molecule has 1 heterocycles. The SMILES string of the molecule is CCOc1c(C(C)=O)cc(Cl)c(F)c1[C@@H]1CNC(=O)C1. The molecule has 6 heteroatoms. The van der Waals surface area contributed by atoms with E-state index in [2.05, 4.69) is 5.32 Å². The maximum Gasteiger partial charge on any atom is 0.220 e. The van der Waals surface area contributed by atoms with Gasteiger partial charge in [0.15, 0.2) is 5.78 Å². The summed E-state index contributed by atoms with van der Waals surface area (Å²) in [5.41, 5.74) is 0.454. The smallest absolute Gasteiger partial charge is 0.220 e. The van der Waals surface area contributed by atoms with Crippen LogP contribution in [0, 0.1) is 5.82 Å². The van der Waals surface area contributed by atoms with Gasteiger partial charge in [-0.05, 0) is 19.9 Å². The lowest BCUT2D eigenvalue weighted by molar-refractivity contribution is -0.119. The first-order chi connectivity index (χ1) is 9.45. The summed E-state index contributed by atoms with van der Waals surface area (Å²) >= 11 is 5.86. The van der Waals surface area contributed by atoms with Gasteiger partial charge in [0.2, 0.25) is 5.91 Å². The van der Waals surface area contributed by atoms with Crippen LogP contribution in [0.3, 0.4) is 0 Å². The monoisotopic (exact) mass is 299 g/mol. The van der Waals surface area contributed by atoms with Crippen molar-refractivity contribution in [3.63, 3.8) is 0 Å². The molecule has 0 radical (unpaired) electrons. The standard InChI is InChI=1S/C14H15ClFNO3/c1-3-20-14-9(7(2)18)5-10(15)13(16)12(14)8-4-11(19)17-6-8/h5,8H,3-4,6H2,1-2H3,(H,17,19)/t8-/m0/s1. The fraction of sp³-hybridized carbons (Fsp3) is 0.429. The molecule has 0 spiro atoms. The molecule has 20 heavy (non-hydrogen) atoms. The molecule has 1 aromatic rings. The van der Waals surface area contributed by atoms with Crippen molar-refractivity contribution in [3.05, 3.63) is 28.0 Å². The van der Waals surface area contributed by atoms with Crippen LogP contribution in [-0.2, 0) is 4.79 Å². The minimum Gasteiger partial charge on any atom is -0.493 e. The maximum absolute atomic E-state index is 14.3. The molecule has 1 aliphatic heterocycles. The maximum atomic E-state index is 14.3. The molecule has 108 valence electrons. The molecule has 1 fully saturated rings. The number of ether oxygens (including phenoxy) is 1. The second-order valence-corrected chi connectivity index (χ2v) is 5.06. The van der Waals surface area contributed by atoms with Crippen molar-refractivity contribution in [1.29, 1.82) is 0 Å². The van der Waals surface area contributed by atoms with Crippen molar-refractivity contribution >= 4 is 23.3 Å². The zero-order valence-corrected chi connectivity index (χ0v) is 12.0. The first-order valence-electron chi connectivity index (χ1n) is 6.38. The molecular weight excluding hydrogens is 285 g/mol. The van der Waals surface area contributed by atoms with Gasteiger partial charge in [-0.3, -0.25) is 9.59 Å². The van der Waals surface area contributed by atoms with Gasteiger partial charge in [-0.25, -0.2) is 4.39 Å². The van der Waals surface area contributed by atoms with E-state index in [1.54, 1.807) is 6.92 Å². The molecule has 0 bridgehead atoms. The summed E-state index contributed by atoms with van der Waals surface area (Å²) in [5, 5.41) is 2.51. The minimum absolute atomic E-state index is 0.131. The van der Waals surface area contributed by atoms with Gasteiger partial charge < -0.3 is 10.1 Å². The number of carbonyl (C=O) groups excluding carboxylic acids is 2. The molecule has 1 amide bonds. The van der Waals surface area contributed by atoms with E-state index < -0.39 is 5.82 Å². The third-order valence-corrected chi connectivity index (χ3v) is 3.54. The number of hydrogen-bond acceptors (Lipinski definition) is 3. The molecule has 1 saturated heterocycles. The molecule has 0 aliphatic carbocycles. The Labute approximate surface area is 121 Å². The summed E-state index contributed by atoms with van der Waals surface area (Å²) in [7, 11) is 0. The Morgan fingerprint density at radius 1 is 1.60 bits per heavy atom. The lowest BCUT2D eigenvalue weighted by Crippen LogP contribution is -2.15. The molecule has 1 atom stereocenters. The zero-order valence-electron chi connectivity index (χ0n) is 11.3. The van der Waals surface area contributed by atoms with E-state index >= 15 is 0 Å². The highest BCUT2D eigenvalue weighted by molar-refractivity contribution is 6.31. The fourth-order valence-corrected chi connectivity index (χ4v) is 2.58. The summed E-state index contributed by atoms with van der Waals surface area (Å²) < 4.78 is 19.8. The van der Waals surface area contributed by atoms with Gasteiger partial charge in [0, 0.05) is 24.4 Å². The lowest BCUT2D eigenvalue weighted by atomic mass is 9.93. The second kappa shape index (κ2) is 5.79. The Kier molecular flexibility index (Phi) is 4.28. The van der Waals surface area contributed by atoms with Crippen molar-refractivity contribution in [2.75, 3.05) is 13.2 Å². The van der Waals surface area contributed by atoms with Crippen molar-refractivity contribution in [2.24, 2.45) is 0 Å². The number of hydrogen-bond donors (Lipinski definition) is 1. The molecule has 0 saturated carbocycles. The number of halogens is 2. The molecule has 1 N–H and O–H groups in total. The van der Waals surface area contributed by atoms with Gasteiger partial charge in [-0.1, -0.05) is 11.6 Å². The molecule has 1 aromatic carbocycles. The average Bonchev–Trinajstić information content (AvgIpc) is 2.80. The second-order valence-electron chi connectivity index (χ2n) is 4.66. The highest BCUT2D eigenvalue weighted by Gasteiger charge is 2.32. The van der Waals surface area contributed by atoms with E-state index in [1.165, 1.54) is 13.0 Å². The van der Waals surface area contributed by atoms with Crippen LogP contribution in [0.5, 0.6) is 5.75 Å². The van der Waals surface area contributed by atoms with Gasteiger partial charge in [-0.15, -0.1) is 0 Å². The van der Waals surface area contributed by atoms with E-state index in [1.807, 2.05) is 0 Å². The van der Waals surface area contributed by atoms with Crippen LogP contribution in [0.25, 0.3) is 0 Å². The van der Waals surface area contributed by atoms with Crippen LogP contribution in [0.1, 0.15) is 42.1 Å². The number of rotatable bonds is 4. The quantitative estimate of drug-likeness (QED) is 0.870. The number of Topliss-reactive ketones (excluding diaryl/α,β-unsaturated/α-hetero) is 1. The van der Waals surface area contributed by atoms with Crippen LogP contribution in [0.4, 0.5) is 4.39 Å². The molecular formula is C14H15ClFNO3. The van der Waals surface area contributed by atoms with Crippen molar-refractivity contribution in [2.45, 2.75) is 26.2 Å². The topological polar surface area (TPSA) is 55.4 Å². The van der Waals surface area contributed by atoms with E-state index in [0.717, 1.165) is 0 Å². The molecule has 0 unspecified atom stereocenters. The predicted molar refractivity (Wildman–Crippen MR) is 73.0 cm³/mol. The molecule has 1 aliphatic rings. The number of amides is 1. The largest absolute Gasteiger partial charge is 0.493 e. The Bertz CT molecular complexity index is 574. The van der Waals surface area contributed by atoms with Crippen LogP contribution in [0.2, 0.25) is 5.02 Å². The lowest BCUT2D eigenvalue weighted by Gasteiger charge is -2.19. The van der Waals surface area contributed by atoms with E-state index in [-0.39, 0.29) is 45.9 Å². The third kappa shape index (κ3) is 2.63. The summed E-state index contributed by atoms with van der Waals surface area (Å²) in [6.45, 7) is 3.72. The Hall–Kier alpha value is -1.62. The first-order valence-corrected chi connectivity index (χ1v) is 6.75. The van der Waals surface area contributed by atoms with Crippen molar-refractivity contribution in [3.8, 4) is 5.75 Å². The van der Waals surface area contributed by atoms with Crippen LogP contribution < -0.4 is 10.1 Å². The summed E-state index contributed by atoms with van der Waals surface area (Å²) in [6.07, 6.45) is 0.161. The molecule has 4 nitrogen and oxygen atoms in total. The van der Waals surface area contributed by atoms with E-state index in [4.69, 9.17) is 16.3 Å². The number of nitrogens with one attached hydrogen (secondary N) is 1. The van der Waals surface area contributed by atoms with Gasteiger partial charge >= 0.3 is 0 Å². The summed E-state index contributed by atoms with van der Waals surface area (Å²) in [4.78, 5) is 23.0. The number of benzene rings is 1. The molecule has 2 rings (SSSR count). The van der Waals surface area contributed by atoms with E-state index in [0.29, 0.717) is 13.2 Å². The normalized spacial score (nSPS) is 18.0. The van der Waals surface area contributed by atoms with Crippen LogP contribution in [0.15, 0.2) is 6.07 Å². The van der Waals surface area contributed by atoms with Crippen molar-refractivity contribution < 1.29 is 18.7 Å². The highest BCUT2D eigenvalue weighted by Crippen LogP contribution is 2.39. The Morgan fingerprint density at radius 3 is 2.80 bits per heavy atom. The minimum atomic E-state index is -0.624. The van der Waals surface area contributed by atoms with E-state index in [9.17, 15) is 14.0 Å². The Balaban J connectivity index is 2.62. The van der Waals surface area contributed by atoms with Crippen molar-refractivity contribution in [1.82, 2.24) is 5.32 Å². The summed E-state index contributed by atoms with van der Waals surface area (Å²) in [5.74, 6) is -1.21. The number of carbonyl (C=O) groups is 2. The van der Waals surface area contributed by atoms with Crippen LogP contribution >= 0.6 is 11.6 Å². The van der Waals surface area contributed by atoms with Gasteiger partial charge in [0.1, 0.15) is 11.6 Å². The zero-order chi connectivity index (χ0) is 14.9. The highest BCUT2D eigenvalue weighted by atomic mass is 35.5. The van der Waals surface area contributed by atoms with Crippen LogP contribution in [-0.4, -0.2) is 24.8 Å². The first kappa shape index (κ1) is 14.8. The predicted octanol–water partition coefficient (Wildman–Crippen LogP) is 2.68. The molecule has 0 aromatic heterocycles. The van der Waals surface area contributed by atoms with Gasteiger partial charge in [0.25, 0.3) is 0 Å². The van der Waals surface area contributed by atoms with Gasteiger partial charge in [-0.2, -0.15) is 0 Å². The summed E-state index contributed by atoms with van der Waals surface area (Å²) in [6, 6.07) is 1.28.